The van der Waals surface area contributed by atoms with Crippen LogP contribution in [0.2, 0.25) is 0 Å². The molecule has 3 aromatic rings. The minimum atomic E-state index is -0.385. The average molecular weight is 586 g/mol. The molecule has 1 saturated heterocycles. The number of esters is 1. The molecule has 1 fully saturated rings. The zero-order chi connectivity index (χ0) is 29.7. The average Bonchev–Trinajstić information content (AvgIpc) is 3.33. The summed E-state index contributed by atoms with van der Waals surface area (Å²) in [6, 6.07) is 3.87. The standard InChI is InChI=1S/C28H39N7O5S/c1-9-40-26(36)23-18(3)29-28(41-23)32-27-30-24(17(2)25(31-27)35-12-10-33(4)11-13-35)34(5)16-19-14-20(37-6)22(39-8)21(15-19)38-7/h14-15H,9-13,16H2,1-8H3,(H,29,30,31,32). The van der Waals surface area contributed by atoms with Gasteiger partial charge >= 0.3 is 5.97 Å². The van der Waals surface area contributed by atoms with E-state index in [0.717, 1.165) is 48.9 Å². The number of carbonyl (C=O) groups excluding carboxylic acids is 1. The largest absolute Gasteiger partial charge is 0.493 e. The molecule has 2 aromatic heterocycles. The van der Waals surface area contributed by atoms with Gasteiger partial charge in [-0.25, -0.2) is 9.78 Å². The molecular formula is C28H39N7O5S. The Morgan fingerprint density at radius 2 is 1.68 bits per heavy atom. The number of piperazine rings is 1. The molecule has 0 unspecified atom stereocenters. The Balaban J connectivity index is 1.70. The van der Waals surface area contributed by atoms with Crippen molar-refractivity contribution >= 4 is 40.0 Å². The number of methoxy groups -OCH3 is 3. The Kier molecular flexibility index (Phi) is 9.71. The molecule has 1 aliphatic heterocycles. The highest BCUT2D eigenvalue weighted by atomic mass is 32.1. The molecule has 1 N–H and O–H groups in total. The number of nitrogens with one attached hydrogen (secondary N) is 1. The summed E-state index contributed by atoms with van der Waals surface area (Å²) >= 11 is 1.23. The van der Waals surface area contributed by atoms with Gasteiger partial charge in [0, 0.05) is 45.3 Å². The lowest BCUT2D eigenvalue weighted by Gasteiger charge is -2.35. The Labute approximate surface area is 245 Å². The third kappa shape index (κ3) is 6.73. The first-order valence-electron chi connectivity index (χ1n) is 13.4. The fourth-order valence-corrected chi connectivity index (χ4v) is 5.61. The van der Waals surface area contributed by atoms with Gasteiger partial charge in [-0.05, 0) is 45.5 Å². The summed E-state index contributed by atoms with van der Waals surface area (Å²) < 4.78 is 21.8. The zero-order valence-electron chi connectivity index (χ0n) is 25.0. The monoisotopic (exact) mass is 585 g/mol. The third-order valence-electron chi connectivity index (χ3n) is 6.88. The van der Waals surface area contributed by atoms with Crippen molar-refractivity contribution in [3.63, 3.8) is 0 Å². The molecule has 0 radical (unpaired) electrons. The predicted molar refractivity (Wildman–Crippen MR) is 161 cm³/mol. The van der Waals surface area contributed by atoms with Crippen LogP contribution < -0.4 is 29.3 Å². The number of nitrogens with zero attached hydrogens (tertiary/aromatic N) is 6. The molecule has 1 aromatic carbocycles. The van der Waals surface area contributed by atoms with E-state index in [1.165, 1.54) is 11.3 Å². The topological polar surface area (TPSA) is 114 Å². The Bertz CT molecular complexity index is 1350. The van der Waals surface area contributed by atoms with Gasteiger partial charge in [-0.2, -0.15) is 9.97 Å². The van der Waals surface area contributed by atoms with E-state index in [0.29, 0.717) is 52.1 Å². The first kappa shape index (κ1) is 30.1. The Morgan fingerprint density at radius 1 is 1.02 bits per heavy atom. The zero-order valence-corrected chi connectivity index (χ0v) is 25.8. The number of hydrogen-bond donors (Lipinski definition) is 1. The predicted octanol–water partition coefficient (Wildman–Crippen LogP) is 3.88. The number of benzene rings is 1. The van der Waals surface area contributed by atoms with Crippen molar-refractivity contribution in [3.05, 3.63) is 33.8 Å². The van der Waals surface area contributed by atoms with E-state index in [9.17, 15) is 4.79 Å². The summed E-state index contributed by atoms with van der Waals surface area (Å²) in [5.41, 5.74) is 2.53. The number of likely N-dealkylation sites (N-methyl/N-ethyl adjacent to an activating group) is 1. The van der Waals surface area contributed by atoms with E-state index in [4.69, 9.17) is 28.9 Å². The van der Waals surface area contributed by atoms with Crippen LogP contribution in [0.3, 0.4) is 0 Å². The molecule has 12 nitrogen and oxygen atoms in total. The van der Waals surface area contributed by atoms with Gasteiger partial charge in [-0.1, -0.05) is 11.3 Å². The molecule has 1 aliphatic rings. The summed E-state index contributed by atoms with van der Waals surface area (Å²) in [6.07, 6.45) is 0. The van der Waals surface area contributed by atoms with Crippen molar-refractivity contribution in [1.29, 1.82) is 0 Å². The lowest BCUT2D eigenvalue weighted by atomic mass is 10.1. The van der Waals surface area contributed by atoms with Gasteiger partial charge in [-0.15, -0.1) is 0 Å². The molecule has 0 saturated carbocycles. The second kappa shape index (κ2) is 13.2. The van der Waals surface area contributed by atoms with Gasteiger partial charge in [0.2, 0.25) is 11.7 Å². The van der Waals surface area contributed by atoms with Crippen molar-refractivity contribution in [3.8, 4) is 17.2 Å². The van der Waals surface area contributed by atoms with Crippen molar-refractivity contribution in [2.45, 2.75) is 27.3 Å². The molecule has 222 valence electrons. The Hall–Kier alpha value is -3.84. The van der Waals surface area contributed by atoms with E-state index in [1.807, 2.05) is 26.1 Å². The second-order valence-electron chi connectivity index (χ2n) is 9.78. The van der Waals surface area contributed by atoms with Crippen LogP contribution in [0.4, 0.5) is 22.7 Å². The summed E-state index contributed by atoms with van der Waals surface area (Å²) in [6.45, 7) is 10.0. The summed E-state index contributed by atoms with van der Waals surface area (Å²) in [5, 5.41) is 3.77. The molecular weight excluding hydrogens is 546 g/mol. The maximum atomic E-state index is 12.4. The lowest BCUT2D eigenvalue weighted by molar-refractivity contribution is 0.0531. The number of carbonyl (C=O) groups is 1. The first-order valence-corrected chi connectivity index (χ1v) is 14.2. The van der Waals surface area contributed by atoms with Crippen LogP contribution in [0.1, 0.15) is 33.4 Å². The van der Waals surface area contributed by atoms with Gasteiger partial charge in [0.15, 0.2) is 16.6 Å². The molecule has 0 atom stereocenters. The van der Waals surface area contributed by atoms with Crippen LogP contribution in [0.25, 0.3) is 0 Å². The van der Waals surface area contributed by atoms with Gasteiger partial charge in [0.25, 0.3) is 0 Å². The van der Waals surface area contributed by atoms with Crippen molar-refractivity contribution in [1.82, 2.24) is 19.9 Å². The van der Waals surface area contributed by atoms with Crippen LogP contribution >= 0.6 is 11.3 Å². The summed E-state index contributed by atoms with van der Waals surface area (Å²) in [4.78, 5) is 33.8. The van der Waals surface area contributed by atoms with Gasteiger partial charge in [-0.3, -0.25) is 5.32 Å². The van der Waals surface area contributed by atoms with Crippen molar-refractivity contribution in [2.75, 3.05) is 83.3 Å². The van der Waals surface area contributed by atoms with Gasteiger partial charge in [0.05, 0.1) is 33.6 Å². The molecule has 3 heterocycles. The van der Waals surface area contributed by atoms with Crippen LogP contribution in [-0.2, 0) is 11.3 Å². The highest BCUT2D eigenvalue weighted by molar-refractivity contribution is 7.17. The SMILES string of the molecule is CCOC(=O)c1sc(Nc2nc(N(C)Cc3cc(OC)c(OC)c(OC)c3)c(C)c(N3CCN(C)CC3)n2)nc1C. The van der Waals surface area contributed by atoms with Crippen LogP contribution in [0, 0.1) is 13.8 Å². The van der Waals surface area contributed by atoms with Crippen molar-refractivity contribution in [2.24, 2.45) is 0 Å². The fraction of sp³-hybridized carbons (Fsp3) is 0.500. The summed E-state index contributed by atoms with van der Waals surface area (Å²) in [5.74, 6) is 3.37. The summed E-state index contributed by atoms with van der Waals surface area (Å²) in [7, 11) is 8.91. The van der Waals surface area contributed by atoms with Crippen LogP contribution in [-0.4, -0.2) is 94.0 Å². The minimum Gasteiger partial charge on any atom is -0.493 e. The number of aryl methyl sites for hydroxylation is 1. The van der Waals surface area contributed by atoms with Crippen LogP contribution in [0.5, 0.6) is 17.2 Å². The van der Waals surface area contributed by atoms with E-state index in [2.05, 4.69) is 32.0 Å². The maximum Gasteiger partial charge on any atom is 0.350 e. The Morgan fingerprint density at radius 3 is 2.27 bits per heavy atom. The number of aromatic nitrogens is 3. The van der Waals surface area contributed by atoms with E-state index >= 15 is 0 Å². The quantitative estimate of drug-likeness (QED) is 0.329. The molecule has 0 aliphatic carbocycles. The number of ether oxygens (including phenoxy) is 4. The second-order valence-corrected chi connectivity index (χ2v) is 10.8. The number of hydrogen-bond acceptors (Lipinski definition) is 13. The maximum absolute atomic E-state index is 12.4. The highest BCUT2D eigenvalue weighted by Crippen LogP contribution is 2.39. The number of thiazole rings is 1. The number of rotatable bonds is 11. The van der Waals surface area contributed by atoms with E-state index < -0.39 is 0 Å². The van der Waals surface area contributed by atoms with E-state index in [1.54, 1.807) is 35.2 Å². The minimum absolute atomic E-state index is 0.302. The molecule has 0 amide bonds. The first-order chi connectivity index (χ1) is 19.7. The van der Waals surface area contributed by atoms with Gasteiger partial charge < -0.3 is 33.6 Å². The molecule has 13 heteroatoms. The fourth-order valence-electron chi connectivity index (χ4n) is 4.75. The number of anilines is 4. The molecule has 41 heavy (non-hydrogen) atoms. The molecule has 0 spiro atoms. The van der Waals surface area contributed by atoms with Crippen LogP contribution in [0.15, 0.2) is 12.1 Å². The normalized spacial score (nSPS) is 13.6. The van der Waals surface area contributed by atoms with E-state index in [-0.39, 0.29) is 5.97 Å². The lowest BCUT2D eigenvalue weighted by Crippen LogP contribution is -2.45. The van der Waals surface area contributed by atoms with Gasteiger partial charge in [0.1, 0.15) is 16.5 Å². The third-order valence-corrected chi connectivity index (χ3v) is 7.93. The smallest absolute Gasteiger partial charge is 0.350 e. The molecule has 0 bridgehead atoms. The van der Waals surface area contributed by atoms with Crippen molar-refractivity contribution < 1.29 is 23.7 Å². The highest BCUT2D eigenvalue weighted by Gasteiger charge is 2.24. The molecule has 4 rings (SSSR count).